The Morgan fingerprint density at radius 2 is 2.10 bits per heavy atom. The van der Waals surface area contributed by atoms with Crippen LogP contribution in [0.4, 0.5) is 0 Å². The van der Waals surface area contributed by atoms with E-state index in [0.717, 1.165) is 22.4 Å². The SMILES string of the molecule is Cc1nc2cc(-c3cc(C(=O)O)[nH]n3)ccc2n1C(C)C. The topological polar surface area (TPSA) is 83.8 Å². The minimum absolute atomic E-state index is 0.0778. The Balaban J connectivity index is 2.11. The summed E-state index contributed by atoms with van der Waals surface area (Å²) >= 11 is 0. The van der Waals surface area contributed by atoms with Gasteiger partial charge in [-0.2, -0.15) is 5.10 Å². The normalized spacial score (nSPS) is 11.4. The molecule has 0 aliphatic rings. The van der Waals surface area contributed by atoms with Crippen molar-refractivity contribution >= 4 is 17.0 Å². The van der Waals surface area contributed by atoms with Crippen molar-refractivity contribution in [1.82, 2.24) is 19.7 Å². The number of imidazole rings is 1. The van der Waals surface area contributed by atoms with Crippen LogP contribution in [0.3, 0.4) is 0 Å². The third-order valence-electron chi connectivity index (χ3n) is 3.49. The van der Waals surface area contributed by atoms with Gasteiger partial charge in [-0.3, -0.25) is 5.10 Å². The van der Waals surface area contributed by atoms with Gasteiger partial charge in [-0.1, -0.05) is 6.07 Å². The van der Waals surface area contributed by atoms with Crippen LogP contribution in [0.2, 0.25) is 0 Å². The predicted octanol–water partition coefficient (Wildman–Crippen LogP) is 3.01. The molecule has 0 aliphatic carbocycles. The maximum Gasteiger partial charge on any atom is 0.353 e. The van der Waals surface area contributed by atoms with Crippen molar-refractivity contribution in [2.24, 2.45) is 0 Å². The summed E-state index contributed by atoms with van der Waals surface area (Å²) in [5.41, 5.74) is 3.48. The van der Waals surface area contributed by atoms with Crippen molar-refractivity contribution in [3.63, 3.8) is 0 Å². The molecule has 0 fully saturated rings. The molecule has 0 saturated heterocycles. The largest absolute Gasteiger partial charge is 0.477 e. The lowest BCUT2D eigenvalue weighted by Gasteiger charge is -2.10. The van der Waals surface area contributed by atoms with Crippen molar-refractivity contribution in [2.75, 3.05) is 0 Å². The molecule has 3 aromatic rings. The first kappa shape index (κ1) is 13.4. The number of nitrogens with one attached hydrogen (secondary N) is 1. The van der Waals surface area contributed by atoms with Crippen LogP contribution in [-0.4, -0.2) is 30.8 Å². The quantitative estimate of drug-likeness (QED) is 0.774. The Kier molecular flexibility index (Phi) is 3.01. The fourth-order valence-electron chi connectivity index (χ4n) is 2.61. The number of carbonyl (C=O) groups is 1. The van der Waals surface area contributed by atoms with Crippen LogP contribution in [0.25, 0.3) is 22.3 Å². The van der Waals surface area contributed by atoms with E-state index in [-0.39, 0.29) is 5.69 Å². The molecular formula is C15H16N4O2. The van der Waals surface area contributed by atoms with E-state index in [1.165, 1.54) is 6.07 Å². The highest BCUT2D eigenvalue weighted by Gasteiger charge is 2.13. The van der Waals surface area contributed by atoms with Gasteiger partial charge in [0.05, 0.1) is 16.7 Å². The van der Waals surface area contributed by atoms with Gasteiger partial charge in [0.1, 0.15) is 11.5 Å². The summed E-state index contributed by atoms with van der Waals surface area (Å²) in [6.45, 7) is 6.22. The van der Waals surface area contributed by atoms with Gasteiger partial charge in [0.2, 0.25) is 0 Å². The van der Waals surface area contributed by atoms with Crippen molar-refractivity contribution in [3.05, 3.63) is 35.8 Å². The van der Waals surface area contributed by atoms with Crippen molar-refractivity contribution in [2.45, 2.75) is 26.8 Å². The van der Waals surface area contributed by atoms with Gasteiger partial charge in [-0.15, -0.1) is 0 Å². The van der Waals surface area contributed by atoms with Crippen molar-refractivity contribution in [1.29, 1.82) is 0 Å². The number of hydrogen-bond donors (Lipinski definition) is 2. The number of rotatable bonds is 3. The number of benzene rings is 1. The molecule has 0 aliphatic heterocycles. The summed E-state index contributed by atoms with van der Waals surface area (Å²) in [4.78, 5) is 15.5. The molecule has 0 radical (unpaired) electrons. The van der Waals surface area contributed by atoms with Crippen LogP contribution in [0.15, 0.2) is 24.3 Å². The molecule has 6 heteroatoms. The Morgan fingerprint density at radius 3 is 2.71 bits per heavy atom. The summed E-state index contributed by atoms with van der Waals surface area (Å²) in [6, 6.07) is 7.73. The minimum atomic E-state index is -1.02. The molecule has 108 valence electrons. The average molecular weight is 284 g/mol. The molecule has 2 aromatic heterocycles. The standard InChI is InChI=1S/C15H16N4O2/c1-8(2)19-9(3)16-12-6-10(4-5-14(12)19)11-7-13(15(20)21)18-17-11/h4-8H,1-3H3,(H,17,18)(H,20,21). The van der Waals surface area contributed by atoms with E-state index in [0.29, 0.717) is 11.7 Å². The molecule has 6 nitrogen and oxygen atoms in total. The predicted molar refractivity (Wildman–Crippen MR) is 79.4 cm³/mol. The molecule has 0 unspecified atom stereocenters. The number of aromatic carboxylic acids is 1. The Bertz CT molecular complexity index is 829. The lowest BCUT2D eigenvalue weighted by Crippen LogP contribution is -2.02. The Hall–Kier alpha value is -2.63. The highest BCUT2D eigenvalue weighted by Crippen LogP contribution is 2.26. The van der Waals surface area contributed by atoms with E-state index in [2.05, 4.69) is 33.6 Å². The molecule has 2 heterocycles. The minimum Gasteiger partial charge on any atom is -0.477 e. The zero-order valence-electron chi connectivity index (χ0n) is 12.1. The molecule has 3 rings (SSSR count). The van der Waals surface area contributed by atoms with Gasteiger partial charge in [0, 0.05) is 11.6 Å². The molecule has 0 atom stereocenters. The number of fused-ring (bicyclic) bond motifs is 1. The summed E-state index contributed by atoms with van der Waals surface area (Å²) < 4.78 is 2.17. The molecule has 0 bridgehead atoms. The van der Waals surface area contributed by atoms with Crippen molar-refractivity contribution in [3.8, 4) is 11.3 Å². The van der Waals surface area contributed by atoms with Gasteiger partial charge in [0.15, 0.2) is 0 Å². The van der Waals surface area contributed by atoms with Crippen LogP contribution in [0, 0.1) is 6.92 Å². The molecule has 21 heavy (non-hydrogen) atoms. The monoisotopic (exact) mass is 284 g/mol. The number of H-pyrrole nitrogens is 1. The number of nitrogens with zero attached hydrogens (tertiary/aromatic N) is 3. The van der Waals surface area contributed by atoms with E-state index in [1.54, 1.807) is 0 Å². The maximum absolute atomic E-state index is 10.9. The second kappa shape index (κ2) is 4.73. The summed E-state index contributed by atoms with van der Waals surface area (Å²) in [7, 11) is 0. The number of aromatic amines is 1. The molecule has 0 amide bonds. The highest BCUT2D eigenvalue weighted by molar-refractivity contribution is 5.88. The van der Waals surface area contributed by atoms with Crippen LogP contribution >= 0.6 is 0 Å². The fourth-order valence-corrected chi connectivity index (χ4v) is 2.61. The lowest BCUT2D eigenvalue weighted by atomic mass is 10.1. The first-order valence-corrected chi connectivity index (χ1v) is 6.75. The average Bonchev–Trinajstić information content (AvgIpc) is 3.00. The number of aromatic nitrogens is 4. The number of carboxylic acid groups (broad SMARTS) is 1. The number of aryl methyl sites for hydroxylation is 1. The second-order valence-electron chi connectivity index (χ2n) is 5.30. The van der Waals surface area contributed by atoms with E-state index < -0.39 is 5.97 Å². The van der Waals surface area contributed by atoms with E-state index in [4.69, 9.17) is 5.11 Å². The zero-order chi connectivity index (χ0) is 15.1. The number of carboxylic acids is 1. The van der Waals surface area contributed by atoms with Gasteiger partial charge in [-0.25, -0.2) is 9.78 Å². The van der Waals surface area contributed by atoms with Gasteiger partial charge < -0.3 is 9.67 Å². The fraction of sp³-hybridized carbons (Fsp3) is 0.267. The molecular weight excluding hydrogens is 268 g/mol. The second-order valence-corrected chi connectivity index (χ2v) is 5.30. The summed E-state index contributed by atoms with van der Waals surface area (Å²) in [5, 5.41) is 15.5. The lowest BCUT2D eigenvalue weighted by molar-refractivity contribution is 0.0690. The van der Waals surface area contributed by atoms with Crippen LogP contribution in [0.5, 0.6) is 0 Å². The van der Waals surface area contributed by atoms with Gasteiger partial charge in [-0.05, 0) is 39.0 Å². The highest BCUT2D eigenvalue weighted by atomic mass is 16.4. The maximum atomic E-state index is 10.9. The first-order chi connectivity index (χ1) is 9.97. The van der Waals surface area contributed by atoms with E-state index >= 15 is 0 Å². The molecule has 2 N–H and O–H groups in total. The third kappa shape index (κ3) is 2.18. The molecule has 0 saturated carbocycles. The van der Waals surface area contributed by atoms with E-state index in [1.807, 2.05) is 25.1 Å². The molecule has 1 aromatic carbocycles. The third-order valence-corrected chi connectivity index (χ3v) is 3.49. The van der Waals surface area contributed by atoms with Gasteiger partial charge >= 0.3 is 5.97 Å². The smallest absolute Gasteiger partial charge is 0.353 e. The number of hydrogen-bond acceptors (Lipinski definition) is 3. The van der Waals surface area contributed by atoms with Crippen molar-refractivity contribution < 1.29 is 9.90 Å². The zero-order valence-corrected chi connectivity index (χ0v) is 12.1. The Labute approximate surface area is 121 Å². The van der Waals surface area contributed by atoms with Crippen LogP contribution in [0.1, 0.15) is 36.2 Å². The van der Waals surface area contributed by atoms with Gasteiger partial charge in [0.25, 0.3) is 0 Å². The first-order valence-electron chi connectivity index (χ1n) is 6.75. The van der Waals surface area contributed by atoms with Crippen LogP contribution < -0.4 is 0 Å². The summed E-state index contributed by atoms with van der Waals surface area (Å²) in [5.74, 6) is -0.0554. The van der Waals surface area contributed by atoms with E-state index in [9.17, 15) is 4.79 Å². The Morgan fingerprint density at radius 1 is 1.33 bits per heavy atom. The van der Waals surface area contributed by atoms with Crippen LogP contribution in [-0.2, 0) is 0 Å². The summed E-state index contributed by atoms with van der Waals surface area (Å²) in [6.07, 6.45) is 0. The molecule has 0 spiro atoms.